The highest BCUT2D eigenvalue weighted by atomic mass is 16.5. The molecule has 1 aliphatic rings. The summed E-state index contributed by atoms with van der Waals surface area (Å²) in [6.07, 6.45) is 2.98. The standard InChI is InChI=1S/C14H18N2O4/c1-8-12(10(17)7-11(18)19-2)14(20-3)16-13(15-8)9-5-4-6-9/h9H,4-7H2,1-3H3. The lowest BCUT2D eigenvalue weighted by molar-refractivity contribution is -0.139. The van der Waals surface area contributed by atoms with E-state index in [0.29, 0.717) is 11.6 Å². The van der Waals surface area contributed by atoms with Crippen LogP contribution in [0, 0.1) is 6.92 Å². The topological polar surface area (TPSA) is 78.4 Å². The number of aromatic nitrogens is 2. The van der Waals surface area contributed by atoms with Gasteiger partial charge in [0.1, 0.15) is 17.8 Å². The Morgan fingerprint density at radius 2 is 1.95 bits per heavy atom. The van der Waals surface area contributed by atoms with Crippen molar-refractivity contribution >= 4 is 11.8 Å². The molecule has 0 N–H and O–H groups in total. The molecule has 108 valence electrons. The van der Waals surface area contributed by atoms with Crippen molar-refractivity contribution in [3.8, 4) is 5.88 Å². The molecular weight excluding hydrogens is 260 g/mol. The summed E-state index contributed by atoms with van der Waals surface area (Å²) >= 11 is 0. The number of carbonyl (C=O) groups excluding carboxylic acids is 2. The molecule has 6 nitrogen and oxygen atoms in total. The van der Waals surface area contributed by atoms with Crippen molar-refractivity contribution in [2.75, 3.05) is 14.2 Å². The minimum Gasteiger partial charge on any atom is -0.480 e. The van der Waals surface area contributed by atoms with E-state index in [1.165, 1.54) is 20.6 Å². The predicted molar refractivity (Wildman–Crippen MR) is 70.9 cm³/mol. The van der Waals surface area contributed by atoms with E-state index in [4.69, 9.17) is 4.74 Å². The summed E-state index contributed by atoms with van der Waals surface area (Å²) in [5.74, 6) is 0.353. The molecule has 0 saturated heterocycles. The Hall–Kier alpha value is -1.98. The van der Waals surface area contributed by atoms with Crippen molar-refractivity contribution in [3.63, 3.8) is 0 Å². The summed E-state index contributed by atoms with van der Waals surface area (Å²) in [6, 6.07) is 0. The van der Waals surface area contributed by atoms with Crippen molar-refractivity contribution in [1.82, 2.24) is 9.97 Å². The van der Waals surface area contributed by atoms with Crippen LogP contribution in [-0.4, -0.2) is 35.9 Å². The molecule has 1 heterocycles. The van der Waals surface area contributed by atoms with E-state index in [-0.39, 0.29) is 23.6 Å². The van der Waals surface area contributed by atoms with Crippen LogP contribution in [0.2, 0.25) is 0 Å². The van der Waals surface area contributed by atoms with Crippen LogP contribution in [0.4, 0.5) is 0 Å². The van der Waals surface area contributed by atoms with Crippen molar-refractivity contribution < 1.29 is 19.1 Å². The number of ketones is 1. The number of Topliss-reactive ketones (excluding diaryl/α,β-unsaturated/α-hetero) is 1. The fraction of sp³-hybridized carbons (Fsp3) is 0.571. The van der Waals surface area contributed by atoms with E-state index >= 15 is 0 Å². The molecule has 1 fully saturated rings. The number of rotatable bonds is 5. The molecular formula is C14H18N2O4. The van der Waals surface area contributed by atoms with Crippen LogP contribution in [0.1, 0.15) is 53.5 Å². The van der Waals surface area contributed by atoms with Gasteiger partial charge in [-0.3, -0.25) is 9.59 Å². The Bertz CT molecular complexity index is 538. The largest absolute Gasteiger partial charge is 0.480 e. The zero-order valence-corrected chi connectivity index (χ0v) is 11.9. The van der Waals surface area contributed by atoms with Gasteiger partial charge in [0.25, 0.3) is 0 Å². The number of ether oxygens (including phenoxy) is 2. The van der Waals surface area contributed by atoms with Gasteiger partial charge in [0, 0.05) is 5.92 Å². The van der Waals surface area contributed by atoms with Crippen molar-refractivity contribution in [2.24, 2.45) is 0 Å². The molecule has 0 aliphatic heterocycles. The second-order valence-corrected chi connectivity index (χ2v) is 4.86. The second-order valence-electron chi connectivity index (χ2n) is 4.86. The maximum atomic E-state index is 12.1. The lowest BCUT2D eigenvalue weighted by Gasteiger charge is -2.24. The fourth-order valence-electron chi connectivity index (χ4n) is 2.18. The van der Waals surface area contributed by atoms with E-state index in [9.17, 15) is 9.59 Å². The number of hydrogen-bond acceptors (Lipinski definition) is 6. The monoisotopic (exact) mass is 278 g/mol. The molecule has 1 saturated carbocycles. The lowest BCUT2D eigenvalue weighted by atomic mass is 9.84. The number of nitrogens with zero attached hydrogens (tertiary/aromatic N) is 2. The molecule has 6 heteroatoms. The average Bonchev–Trinajstić information content (AvgIpc) is 2.35. The van der Waals surface area contributed by atoms with Crippen LogP contribution >= 0.6 is 0 Å². The first kappa shape index (κ1) is 14.4. The Balaban J connectivity index is 2.32. The van der Waals surface area contributed by atoms with Gasteiger partial charge in [-0.2, -0.15) is 4.98 Å². The SMILES string of the molecule is COC(=O)CC(=O)c1c(C)nc(C2CCC2)nc1OC. The van der Waals surface area contributed by atoms with Gasteiger partial charge < -0.3 is 9.47 Å². The molecule has 1 aliphatic carbocycles. The fourth-order valence-corrected chi connectivity index (χ4v) is 2.18. The molecule has 1 aromatic rings. The number of esters is 1. The summed E-state index contributed by atoms with van der Waals surface area (Å²) in [6.45, 7) is 1.73. The minimum atomic E-state index is -0.584. The lowest BCUT2D eigenvalue weighted by Crippen LogP contribution is -2.18. The van der Waals surface area contributed by atoms with Crippen LogP contribution in [0.3, 0.4) is 0 Å². The Labute approximate surface area is 117 Å². The van der Waals surface area contributed by atoms with Gasteiger partial charge in [-0.1, -0.05) is 6.42 Å². The second kappa shape index (κ2) is 5.98. The van der Waals surface area contributed by atoms with Gasteiger partial charge >= 0.3 is 5.97 Å². The summed E-state index contributed by atoms with van der Waals surface area (Å²) in [7, 11) is 2.71. The quantitative estimate of drug-likeness (QED) is 0.464. The van der Waals surface area contributed by atoms with Gasteiger partial charge in [-0.15, -0.1) is 0 Å². The van der Waals surface area contributed by atoms with E-state index in [0.717, 1.165) is 18.7 Å². The maximum absolute atomic E-state index is 12.1. The molecule has 0 radical (unpaired) electrons. The molecule has 0 amide bonds. The van der Waals surface area contributed by atoms with Crippen molar-refractivity contribution in [1.29, 1.82) is 0 Å². The van der Waals surface area contributed by atoms with Gasteiger partial charge in [0.15, 0.2) is 5.78 Å². The molecule has 0 bridgehead atoms. The zero-order valence-electron chi connectivity index (χ0n) is 11.9. The third-order valence-electron chi connectivity index (χ3n) is 3.55. The van der Waals surface area contributed by atoms with Gasteiger partial charge in [0.05, 0.1) is 19.9 Å². The van der Waals surface area contributed by atoms with E-state index in [1.807, 2.05) is 0 Å². The number of aryl methyl sites for hydroxylation is 1. The molecule has 0 aromatic carbocycles. The molecule has 1 aromatic heterocycles. The van der Waals surface area contributed by atoms with Crippen LogP contribution < -0.4 is 4.74 Å². The summed E-state index contributed by atoms with van der Waals surface area (Å²) in [5, 5.41) is 0. The van der Waals surface area contributed by atoms with Gasteiger partial charge in [0.2, 0.25) is 5.88 Å². The minimum absolute atomic E-state index is 0.244. The first-order chi connectivity index (χ1) is 9.56. The third-order valence-corrected chi connectivity index (χ3v) is 3.55. The van der Waals surface area contributed by atoms with Crippen molar-refractivity contribution in [3.05, 3.63) is 17.1 Å². The van der Waals surface area contributed by atoms with Crippen LogP contribution in [-0.2, 0) is 9.53 Å². The first-order valence-electron chi connectivity index (χ1n) is 6.59. The third kappa shape index (κ3) is 2.79. The van der Waals surface area contributed by atoms with Gasteiger partial charge in [-0.05, 0) is 19.8 Å². The van der Waals surface area contributed by atoms with E-state index in [1.54, 1.807) is 6.92 Å². The van der Waals surface area contributed by atoms with E-state index < -0.39 is 5.97 Å². The van der Waals surface area contributed by atoms with Crippen LogP contribution in [0.15, 0.2) is 0 Å². The van der Waals surface area contributed by atoms with Crippen molar-refractivity contribution in [2.45, 2.75) is 38.5 Å². The van der Waals surface area contributed by atoms with Crippen LogP contribution in [0.5, 0.6) is 5.88 Å². The molecule has 0 unspecified atom stereocenters. The van der Waals surface area contributed by atoms with E-state index in [2.05, 4.69) is 14.7 Å². The molecule has 0 spiro atoms. The number of carbonyl (C=O) groups is 2. The Morgan fingerprint density at radius 1 is 1.25 bits per heavy atom. The highest BCUT2D eigenvalue weighted by Crippen LogP contribution is 2.36. The summed E-state index contributed by atoms with van der Waals surface area (Å²) in [4.78, 5) is 32.0. The highest BCUT2D eigenvalue weighted by Gasteiger charge is 2.27. The Kier molecular flexibility index (Phi) is 4.32. The first-order valence-corrected chi connectivity index (χ1v) is 6.59. The normalized spacial score (nSPS) is 14.6. The summed E-state index contributed by atoms with van der Waals surface area (Å²) < 4.78 is 9.70. The zero-order chi connectivity index (χ0) is 14.7. The van der Waals surface area contributed by atoms with Gasteiger partial charge in [-0.25, -0.2) is 4.98 Å². The Morgan fingerprint density at radius 3 is 2.45 bits per heavy atom. The summed E-state index contributed by atoms with van der Waals surface area (Å²) in [5.41, 5.74) is 0.814. The molecule has 0 atom stereocenters. The highest BCUT2D eigenvalue weighted by molar-refractivity contribution is 6.07. The predicted octanol–water partition coefficient (Wildman–Crippen LogP) is 1.81. The smallest absolute Gasteiger partial charge is 0.313 e. The number of methoxy groups -OCH3 is 2. The molecule has 20 heavy (non-hydrogen) atoms. The van der Waals surface area contributed by atoms with Crippen LogP contribution in [0.25, 0.3) is 0 Å². The maximum Gasteiger partial charge on any atom is 0.313 e. The average molecular weight is 278 g/mol. The molecule has 2 rings (SSSR count). The number of hydrogen-bond donors (Lipinski definition) is 0.